The van der Waals surface area contributed by atoms with E-state index >= 15 is 0 Å². The summed E-state index contributed by atoms with van der Waals surface area (Å²) in [6.07, 6.45) is -0.131. The van der Waals surface area contributed by atoms with Crippen molar-refractivity contribution in [3.8, 4) is 0 Å². The van der Waals surface area contributed by atoms with Crippen molar-refractivity contribution in [3.05, 3.63) is 64.2 Å². The third-order valence-corrected chi connectivity index (χ3v) is 3.00. The molecule has 0 fully saturated rings. The van der Waals surface area contributed by atoms with Gasteiger partial charge in [0.1, 0.15) is 5.82 Å². The zero-order valence-electron chi connectivity index (χ0n) is 12.4. The van der Waals surface area contributed by atoms with E-state index in [1.54, 1.807) is 31.2 Å². The summed E-state index contributed by atoms with van der Waals surface area (Å²) in [6.45, 7) is 3.65. The number of para-hydroxylation sites is 1. The van der Waals surface area contributed by atoms with Gasteiger partial charge in [-0.2, -0.15) is 0 Å². The predicted molar refractivity (Wildman–Crippen MR) is 76.3 cm³/mol. The standard InChI is InChI=1S/C16H15FNO2.K/c1-10-6-7-14(12(8-10)9-15(19)20)18-16-11(2)4-3-5-13(16)17;/h3-8H,9H2,1-2H3,(H,19,20);/q-1;+1. The van der Waals surface area contributed by atoms with Crippen molar-refractivity contribution >= 4 is 17.3 Å². The van der Waals surface area contributed by atoms with Gasteiger partial charge in [-0.15, -0.1) is 5.69 Å². The fraction of sp³-hybridized carbons (Fsp3) is 0.188. The number of rotatable bonds is 4. The Balaban J connectivity index is 0.00000220. The Bertz CT molecular complexity index is 638. The van der Waals surface area contributed by atoms with Crippen molar-refractivity contribution in [3.63, 3.8) is 0 Å². The molecule has 0 saturated heterocycles. The van der Waals surface area contributed by atoms with Gasteiger partial charge in [0.15, 0.2) is 0 Å². The molecule has 2 aromatic carbocycles. The maximum atomic E-state index is 13.8. The average Bonchev–Trinajstić information content (AvgIpc) is 2.35. The van der Waals surface area contributed by atoms with Crippen LogP contribution in [0.4, 0.5) is 15.8 Å². The topological polar surface area (TPSA) is 51.4 Å². The van der Waals surface area contributed by atoms with E-state index in [2.05, 4.69) is 5.32 Å². The molecular weight excluding hydrogens is 296 g/mol. The molecule has 3 nitrogen and oxygen atoms in total. The second-order valence-corrected chi connectivity index (χ2v) is 4.72. The SMILES string of the molecule is Cc1ccc([N-]c2c(C)cccc2F)c(CC(=O)O)c1.[K+]. The number of carbonyl (C=O) groups is 1. The van der Waals surface area contributed by atoms with E-state index < -0.39 is 11.8 Å². The van der Waals surface area contributed by atoms with Crippen LogP contribution < -0.4 is 51.4 Å². The minimum absolute atomic E-state index is 0. The molecule has 5 heteroatoms. The molecule has 0 heterocycles. The molecule has 0 aliphatic carbocycles. The van der Waals surface area contributed by atoms with Crippen LogP contribution in [0.1, 0.15) is 16.7 Å². The molecular formula is C16H15FKNO2. The summed E-state index contributed by atoms with van der Waals surface area (Å²) in [6, 6.07) is 10.1. The van der Waals surface area contributed by atoms with Gasteiger partial charge in [-0.05, 0) is 19.9 Å². The Hall–Kier alpha value is -0.724. The van der Waals surface area contributed by atoms with Crippen molar-refractivity contribution in [2.45, 2.75) is 20.3 Å². The van der Waals surface area contributed by atoms with Crippen LogP contribution in [-0.4, -0.2) is 11.1 Å². The minimum atomic E-state index is -0.933. The van der Waals surface area contributed by atoms with Crippen LogP contribution in [-0.2, 0) is 11.2 Å². The predicted octanol–water partition coefficient (Wildman–Crippen LogP) is 1.41. The fourth-order valence-electron chi connectivity index (χ4n) is 2.01. The van der Waals surface area contributed by atoms with Crippen LogP contribution in [0.3, 0.4) is 0 Å². The number of aryl methyl sites for hydroxylation is 2. The molecule has 0 atom stereocenters. The number of nitrogens with zero attached hydrogens (tertiary/aromatic N) is 1. The van der Waals surface area contributed by atoms with Crippen molar-refractivity contribution < 1.29 is 65.7 Å². The number of aliphatic carboxylic acids is 1. The quantitative estimate of drug-likeness (QED) is 0.868. The van der Waals surface area contributed by atoms with Crippen LogP contribution in [0.15, 0.2) is 36.4 Å². The summed E-state index contributed by atoms with van der Waals surface area (Å²) in [5.41, 5.74) is 2.99. The molecule has 21 heavy (non-hydrogen) atoms. The van der Waals surface area contributed by atoms with E-state index in [9.17, 15) is 9.18 Å². The second kappa shape index (κ2) is 8.05. The Labute approximate surface area is 166 Å². The van der Waals surface area contributed by atoms with Crippen molar-refractivity contribution in [1.29, 1.82) is 0 Å². The largest absolute Gasteiger partial charge is 1.00 e. The molecule has 0 aliphatic rings. The number of hydrogen-bond donors (Lipinski definition) is 1. The minimum Gasteiger partial charge on any atom is -0.655 e. The Kier molecular flexibility index (Phi) is 7.03. The van der Waals surface area contributed by atoms with E-state index in [0.29, 0.717) is 16.8 Å². The Morgan fingerprint density at radius 3 is 2.57 bits per heavy atom. The molecule has 2 rings (SSSR count). The molecule has 1 N–H and O–H groups in total. The zero-order chi connectivity index (χ0) is 14.7. The number of benzene rings is 2. The van der Waals surface area contributed by atoms with Crippen LogP contribution in [0, 0.1) is 19.7 Å². The third kappa shape index (κ3) is 4.90. The summed E-state index contributed by atoms with van der Waals surface area (Å²) >= 11 is 0. The summed E-state index contributed by atoms with van der Waals surface area (Å²) in [5.74, 6) is -1.34. The van der Waals surface area contributed by atoms with E-state index in [1.165, 1.54) is 6.07 Å². The Morgan fingerprint density at radius 2 is 1.95 bits per heavy atom. The Morgan fingerprint density at radius 1 is 1.24 bits per heavy atom. The van der Waals surface area contributed by atoms with Crippen LogP contribution in [0.2, 0.25) is 0 Å². The number of carboxylic acids is 1. The first-order valence-electron chi connectivity index (χ1n) is 6.25. The van der Waals surface area contributed by atoms with Crippen molar-refractivity contribution in [2.75, 3.05) is 0 Å². The molecule has 0 bridgehead atoms. The summed E-state index contributed by atoms with van der Waals surface area (Å²) in [4.78, 5) is 10.9. The molecule has 0 aromatic heterocycles. The van der Waals surface area contributed by atoms with Gasteiger partial charge in [0.05, 0.1) is 6.42 Å². The van der Waals surface area contributed by atoms with Crippen molar-refractivity contribution in [1.82, 2.24) is 0 Å². The number of hydrogen-bond acceptors (Lipinski definition) is 1. The van der Waals surface area contributed by atoms with Crippen LogP contribution in [0.25, 0.3) is 5.32 Å². The van der Waals surface area contributed by atoms with Crippen molar-refractivity contribution in [2.24, 2.45) is 0 Å². The van der Waals surface area contributed by atoms with Gasteiger partial charge in [-0.1, -0.05) is 52.7 Å². The summed E-state index contributed by atoms with van der Waals surface area (Å²) in [5, 5.41) is 13.2. The molecule has 104 valence electrons. The molecule has 2 aromatic rings. The smallest absolute Gasteiger partial charge is 0.655 e. The van der Waals surface area contributed by atoms with Crippen LogP contribution >= 0.6 is 0 Å². The van der Waals surface area contributed by atoms with Gasteiger partial charge in [0.2, 0.25) is 0 Å². The van der Waals surface area contributed by atoms with E-state index in [4.69, 9.17) is 5.11 Å². The first-order chi connectivity index (χ1) is 9.47. The van der Waals surface area contributed by atoms with Gasteiger partial charge in [-0.3, -0.25) is 4.79 Å². The monoisotopic (exact) mass is 311 g/mol. The first-order valence-corrected chi connectivity index (χ1v) is 6.25. The van der Waals surface area contributed by atoms with Gasteiger partial charge >= 0.3 is 57.4 Å². The number of halogens is 1. The fourth-order valence-corrected chi connectivity index (χ4v) is 2.01. The van der Waals surface area contributed by atoms with Gasteiger partial charge in [0.25, 0.3) is 0 Å². The van der Waals surface area contributed by atoms with Gasteiger partial charge < -0.3 is 10.4 Å². The van der Waals surface area contributed by atoms with E-state index in [0.717, 1.165) is 5.56 Å². The molecule has 0 amide bonds. The molecule has 0 radical (unpaired) electrons. The summed E-state index contributed by atoms with van der Waals surface area (Å²) < 4.78 is 13.8. The van der Waals surface area contributed by atoms with E-state index in [-0.39, 0.29) is 63.5 Å². The number of carboxylic acid groups (broad SMARTS) is 1. The van der Waals surface area contributed by atoms with Crippen LogP contribution in [0.5, 0.6) is 0 Å². The first kappa shape index (κ1) is 18.3. The average molecular weight is 311 g/mol. The maximum Gasteiger partial charge on any atom is 1.00 e. The normalized spacial score (nSPS) is 9.86. The second-order valence-electron chi connectivity index (χ2n) is 4.72. The molecule has 0 spiro atoms. The zero-order valence-corrected chi connectivity index (χ0v) is 15.5. The molecule has 0 saturated carbocycles. The van der Waals surface area contributed by atoms with E-state index in [1.807, 2.05) is 13.0 Å². The summed E-state index contributed by atoms with van der Waals surface area (Å²) in [7, 11) is 0. The molecule has 0 aliphatic heterocycles. The maximum absolute atomic E-state index is 13.8. The molecule has 0 unspecified atom stereocenters. The third-order valence-electron chi connectivity index (χ3n) is 3.00. The van der Waals surface area contributed by atoms with Gasteiger partial charge in [0, 0.05) is 0 Å². The van der Waals surface area contributed by atoms with Gasteiger partial charge in [-0.25, -0.2) is 4.39 Å².